The summed E-state index contributed by atoms with van der Waals surface area (Å²) in [5.74, 6) is -0.430. The Kier molecular flexibility index (Phi) is 5.26. The molecule has 3 aromatic heterocycles. The highest BCUT2D eigenvalue weighted by atomic mass is 32.1. The minimum atomic E-state index is -4.64. The topological polar surface area (TPSA) is 56.0 Å². The van der Waals surface area contributed by atoms with Crippen LogP contribution in [0.2, 0.25) is 0 Å². The standard InChI is InChI=1S/C25H15F3N2OS2/c26-25(27,28)17-13-18(19-7-4-12-32-19)30-24-20(17)21(29)23(33-24)22(31)16-10-8-15(9-11-16)14-5-2-1-3-6-14/h1-13H,29H2. The number of aromatic nitrogens is 1. The molecule has 5 aromatic rings. The first-order chi connectivity index (χ1) is 15.8. The highest BCUT2D eigenvalue weighted by Gasteiger charge is 2.36. The zero-order valence-corrected chi connectivity index (χ0v) is 18.5. The van der Waals surface area contributed by atoms with Gasteiger partial charge in [0.15, 0.2) is 0 Å². The molecule has 3 heterocycles. The van der Waals surface area contributed by atoms with Gasteiger partial charge in [-0.15, -0.1) is 22.7 Å². The van der Waals surface area contributed by atoms with Crippen molar-refractivity contribution >= 4 is 44.4 Å². The molecule has 0 fully saturated rings. The highest BCUT2D eigenvalue weighted by Crippen LogP contribution is 2.44. The smallest absolute Gasteiger partial charge is 0.397 e. The summed E-state index contributed by atoms with van der Waals surface area (Å²) < 4.78 is 41.7. The third-order valence-corrected chi connectivity index (χ3v) is 7.23. The summed E-state index contributed by atoms with van der Waals surface area (Å²) in [6.45, 7) is 0. The number of hydrogen-bond acceptors (Lipinski definition) is 5. The van der Waals surface area contributed by atoms with Crippen molar-refractivity contribution in [3.05, 3.63) is 94.2 Å². The number of nitrogens with zero attached hydrogens (tertiary/aromatic N) is 1. The van der Waals surface area contributed by atoms with Crippen LogP contribution in [-0.2, 0) is 6.18 Å². The number of rotatable bonds is 4. The van der Waals surface area contributed by atoms with Gasteiger partial charge in [-0.2, -0.15) is 13.2 Å². The van der Waals surface area contributed by atoms with Gasteiger partial charge >= 0.3 is 6.18 Å². The molecule has 0 bridgehead atoms. The summed E-state index contributed by atoms with van der Waals surface area (Å²) >= 11 is 2.18. The molecule has 2 N–H and O–H groups in total. The molecule has 33 heavy (non-hydrogen) atoms. The molecule has 0 amide bonds. The summed E-state index contributed by atoms with van der Waals surface area (Å²) in [5.41, 5.74) is 7.52. The van der Waals surface area contributed by atoms with Crippen LogP contribution >= 0.6 is 22.7 Å². The maximum atomic E-state index is 13.9. The summed E-state index contributed by atoms with van der Waals surface area (Å²) in [4.78, 5) is 18.3. The number of ketones is 1. The molecule has 0 saturated heterocycles. The van der Waals surface area contributed by atoms with Crippen molar-refractivity contribution in [2.75, 3.05) is 5.73 Å². The fourth-order valence-electron chi connectivity index (χ4n) is 3.64. The number of alkyl halides is 3. The Morgan fingerprint density at radius 2 is 1.61 bits per heavy atom. The molecule has 0 saturated carbocycles. The number of carbonyl (C=O) groups is 1. The van der Waals surface area contributed by atoms with Crippen molar-refractivity contribution in [2.24, 2.45) is 0 Å². The average molecular weight is 481 g/mol. The fourth-order valence-corrected chi connectivity index (χ4v) is 5.41. The largest absolute Gasteiger partial charge is 0.417 e. The number of fused-ring (bicyclic) bond motifs is 1. The predicted octanol–water partition coefficient (Wildman–Crippen LogP) is 7.52. The lowest BCUT2D eigenvalue weighted by Crippen LogP contribution is -2.08. The summed E-state index contributed by atoms with van der Waals surface area (Å²) in [7, 11) is 0. The van der Waals surface area contributed by atoms with Gasteiger partial charge in [-0.3, -0.25) is 4.79 Å². The molecule has 3 nitrogen and oxygen atoms in total. The lowest BCUT2D eigenvalue weighted by Gasteiger charge is -2.10. The van der Waals surface area contributed by atoms with Crippen molar-refractivity contribution in [2.45, 2.75) is 6.18 Å². The van der Waals surface area contributed by atoms with Crippen molar-refractivity contribution in [1.82, 2.24) is 4.98 Å². The van der Waals surface area contributed by atoms with Gasteiger partial charge in [0.25, 0.3) is 0 Å². The average Bonchev–Trinajstić information content (AvgIpc) is 3.47. The van der Waals surface area contributed by atoms with Gasteiger partial charge in [-0.25, -0.2) is 4.98 Å². The Labute approximate surface area is 195 Å². The lowest BCUT2D eigenvalue weighted by atomic mass is 10.0. The number of halogens is 3. The first kappa shape index (κ1) is 21.4. The number of hydrogen-bond donors (Lipinski definition) is 1. The van der Waals surface area contributed by atoms with Crippen LogP contribution < -0.4 is 5.73 Å². The third-order valence-electron chi connectivity index (χ3n) is 5.24. The Morgan fingerprint density at radius 1 is 0.909 bits per heavy atom. The first-order valence-electron chi connectivity index (χ1n) is 9.87. The van der Waals surface area contributed by atoms with Crippen LogP contribution in [-0.4, -0.2) is 10.8 Å². The quantitative estimate of drug-likeness (QED) is 0.271. The summed E-state index contributed by atoms with van der Waals surface area (Å²) in [6.07, 6.45) is -4.64. The highest BCUT2D eigenvalue weighted by molar-refractivity contribution is 7.21. The monoisotopic (exact) mass is 480 g/mol. The van der Waals surface area contributed by atoms with Crippen LogP contribution in [0.4, 0.5) is 18.9 Å². The number of nitrogen functional groups attached to an aromatic ring is 1. The van der Waals surface area contributed by atoms with E-state index in [0.717, 1.165) is 28.5 Å². The zero-order chi connectivity index (χ0) is 23.2. The van der Waals surface area contributed by atoms with Gasteiger partial charge in [0, 0.05) is 10.9 Å². The van der Waals surface area contributed by atoms with Crippen molar-refractivity contribution in [3.63, 3.8) is 0 Å². The van der Waals surface area contributed by atoms with E-state index in [1.165, 1.54) is 11.3 Å². The fraction of sp³-hybridized carbons (Fsp3) is 0.0400. The number of benzene rings is 2. The van der Waals surface area contributed by atoms with E-state index >= 15 is 0 Å². The second kappa shape index (κ2) is 8.13. The molecule has 0 radical (unpaired) electrons. The van der Waals surface area contributed by atoms with Gasteiger partial charge in [0.1, 0.15) is 9.71 Å². The Balaban J connectivity index is 1.60. The van der Waals surface area contributed by atoms with Crippen LogP contribution in [0, 0.1) is 0 Å². The molecule has 5 rings (SSSR count). The SMILES string of the molecule is Nc1c(C(=O)c2ccc(-c3ccccc3)cc2)sc2nc(-c3cccs3)cc(C(F)(F)F)c12. The van der Waals surface area contributed by atoms with Crippen LogP contribution in [0.1, 0.15) is 20.8 Å². The van der Waals surface area contributed by atoms with E-state index in [1.807, 2.05) is 30.3 Å². The normalized spacial score (nSPS) is 11.7. The van der Waals surface area contributed by atoms with Gasteiger partial charge in [-0.05, 0) is 28.6 Å². The molecule has 0 aliphatic carbocycles. The third kappa shape index (κ3) is 3.92. The number of carbonyl (C=O) groups excluding carboxylic acids is 1. The minimum Gasteiger partial charge on any atom is -0.397 e. The molecular formula is C25H15F3N2OS2. The van der Waals surface area contributed by atoms with E-state index in [-0.39, 0.29) is 26.5 Å². The molecule has 0 aliphatic rings. The predicted molar refractivity (Wildman–Crippen MR) is 128 cm³/mol. The van der Waals surface area contributed by atoms with Crippen LogP contribution in [0.5, 0.6) is 0 Å². The Hall–Kier alpha value is -3.49. The Morgan fingerprint density at radius 3 is 2.24 bits per heavy atom. The maximum absolute atomic E-state index is 13.9. The molecule has 0 unspecified atom stereocenters. The van der Waals surface area contributed by atoms with E-state index in [2.05, 4.69) is 4.98 Å². The van der Waals surface area contributed by atoms with E-state index in [1.54, 1.807) is 41.8 Å². The molecule has 0 spiro atoms. The second-order valence-electron chi connectivity index (χ2n) is 7.33. The van der Waals surface area contributed by atoms with Crippen LogP contribution in [0.3, 0.4) is 0 Å². The molecule has 164 valence electrons. The van der Waals surface area contributed by atoms with Crippen LogP contribution in [0.25, 0.3) is 31.9 Å². The number of nitrogens with two attached hydrogens (primary N) is 1. The van der Waals surface area contributed by atoms with E-state index in [4.69, 9.17) is 5.73 Å². The summed E-state index contributed by atoms with van der Waals surface area (Å²) in [5, 5.41) is 1.54. The molecule has 8 heteroatoms. The van der Waals surface area contributed by atoms with Gasteiger partial charge in [-0.1, -0.05) is 60.7 Å². The Bertz CT molecular complexity index is 1460. The first-order valence-corrected chi connectivity index (χ1v) is 11.6. The van der Waals surface area contributed by atoms with Gasteiger partial charge in [0.2, 0.25) is 5.78 Å². The molecule has 0 aliphatic heterocycles. The lowest BCUT2D eigenvalue weighted by molar-refractivity contribution is -0.136. The number of pyridine rings is 1. The van der Waals surface area contributed by atoms with Crippen molar-refractivity contribution in [1.29, 1.82) is 0 Å². The summed E-state index contributed by atoms with van der Waals surface area (Å²) in [6, 6.07) is 21.0. The van der Waals surface area contributed by atoms with Crippen molar-refractivity contribution in [3.8, 4) is 21.7 Å². The molecular weight excluding hydrogens is 465 g/mol. The second-order valence-corrected chi connectivity index (χ2v) is 9.27. The van der Waals surface area contributed by atoms with E-state index in [9.17, 15) is 18.0 Å². The molecule has 0 atom stereocenters. The van der Waals surface area contributed by atoms with E-state index < -0.39 is 17.5 Å². The van der Waals surface area contributed by atoms with Crippen molar-refractivity contribution < 1.29 is 18.0 Å². The minimum absolute atomic E-state index is 0.0544. The molecule has 2 aromatic carbocycles. The van der Waals surface area contributed by atoms with Gasteiger partial charge in [0.05, 0.1) is 21.8 Å². The number of anilines is 1. The maximum Gasteiger partial charge on any atom is 0.417 e. The van der Waals surface area contributed by atoms with Gasteiger partial charge < -0.3 is 5.73 Å². The van der Waals surface area contributed by atoms with Crippen LogP contribution in [0.15, 0.2) is 78.2 Å². The number of thiophene rings is 2. The zero-order valence-electron chi connectivity index (χ0n) is 16.9. The van der Waals surface area contributed by atoms with E-state index in [0.29, 0.717) is 10.4 Å².